The van der Waals surface area contributed by atoms with Gasteiger partial charge in [-0.25, -0.2) is 4.79 Å². The molecular formula is C30H31F3N2O4. The molecule has 3 aromatic carbocycles. The fourth-order valence-electron chi connectivity index (χ4n) is 4.42. The SMILES string of the molecule is CCOC(=O)c1cc2cc(-c3cc(OCCNC(C)c4cccc(OC)c4)cc(C(F)(F)F)c3)ccc2n1C. The number of nitrogens with one attached hydrogen (secondary N) is 1. The van der Waals surface area contributed by atoms with Gasteiger partial charge in [0.05, 0.1) is 19.3 Å². The number of esters is 1. The van der Waals surface area contributed by atoms with E-state index in [0.717, 1.165) is 29.0 Å². The van der Waals surface area contributed by atoms with Crippen molar-refractivity contribution in [1.29, 1.82) is 0 Å². The lowest BCUT2D eigenvalue weighted by Gasteiger charge is -2.17. The summed E-state index contributed by atoms with van der Waals surface area (Å²) in [6.45, 7) is 4.56. The number of hydrogen-bond donors (Lipinski definition) is 1. The Balaban J connectivity index is 1.53. The molecule has 4 rings (SSSR count). The fraction of sp³-hybridized carbons (Fsp3) is 0.300. The normalized spacial score (nSPS) is 12.4. The molecule has 0 saturated carbocycles. The molecule has 0 spiro atoms. The van der Waals surface area contributed by atoms with E-state index in [-0.39, 0.29) is 25.0 Å². The minimum atomic E-state index is -4.54. The minimum Gasteiger partial charge on any atom is -0.497 e. The van der Waals surface area contributed by atoms with Gasteiger partial charge >= 0.3 is 12.1 Å². The Hall–Kier alpha value is -3.98. The van der Waals surface area contributed by atoms with Crippen LogP contribution in [0.15, 0.2) is 66.7 Å². The minimum absolute atomic E-state index is 0.00197. The first kappa shape index (κ1) is 28.0. The van der Waals surface area contributed by atoms with Crippen molar-refractivity contribution >= 4 is 16.9 Å². The molecule has 0 aliphatic carbocycles. The van der Waals surface area contributed by atoms with Gasteiger partial charge in [0, 0.05) is 30.5 Å². The summed E-state index contributed by atoms with van der Waals surface area (Å²) < 4.78 is 59.1. The van der Waals surface area contributed by atoms with Gasteiger partial charge in [-0.3, -0.25) is 0 Å². The van der Waals surface area contributed by atoms with Crippen LogP contribution in [0.5, 0.6) is 11.5 Å². The van der Waals surface area contributed by atoms with Crippen molar-refractivity contribution in [3.8, 4) is 22.6 Å². The van der Waals surface area contributed by atoms with Crippen molar-refractivity contribution in [2.75, 3.05) is 26.9 Å². The third-order valence-electron chi connectivity index (χ3n) is 6.51. The van der Waals surface area contributed by atoms with Gasteiger partial charge in [-0.1, -0.05) is 18.2 Å². The molecule has 0 aliphatic heterocycles. The summed E-state index contributed by atoms with van der Waals surface area (Å²) in [6, 6.07) is 18.3. The Labute approximate surface area is 225 Å². The number of nitrogens with zero attached hydrogens (tertiary/aromatic N) is 1. The highest BCUT2D eigenvalue weighted by molar-refractivity contribution is 5.97. The van der Waals surface area contributed by atoms with E-state index in [1.165, 1.54) is 0 Å². The summed E-state index contributed by atoms with van der Waals surface area (Å²) in [5.41, 5.74) is 2.30. The van der Waals surface area contributed by atoms with Gasteiger partial charge in [0.25, 0.3) is 0 Å². The Bertz CT molecular complexity index is 1460. The van der Waals surface area contributed by atoms with Crippen LogP contribution in [0.4, 0.5) is 13.2 Å². The van der Waals surface area contributed by atoms with Crippen LogP contribution in [0, 0.1) is 0 Å². The van der Waals surface area contributed by atoms with Crippen molar-refractivity contribution < 1.29 is 32.2 Å². The number of carbonyl (C=O) groups is 1. The predicted octanol–water partition coefficient (Wildman–Crippen LogP) is 6.78. The molecule has 0 fully saturated rings. The largest absolute Gasteiger partial charge is 0.497 e. The summed E-state index contributed by atoms with van der Waals surface area (Å²) >= 11 is 0. The molecule has 0 amide bonds. The van der Waals surface area contributed by atoms with Crippen LogP contribution in [0.3, 0.4) is 0 Å². The van der Waals surface area contributed by atoms with Crippen molar-refractivity contribution in [2.24, 2.45) is 7.05 Å². The lowest BCUT2D eigenvalue weighted by Crippen LogP contribution is -2.24. The average Bonchev–Trinajstić information content (AvgIpc) is 3.26. The first-order valence-electron chi connectivity index (χ1n) is 12.6. The molecule has 0 saturated heterocycles. The molecule has 1 heterocycles. The summed E-state index contributed by atoms with van der Waals surface area (Å²) in [4.78, 5) is 12.3. The van der Waals surface area contributed by atoms with E-state index in [0.29, 0.717) is 28.8 Å². The summed E-state index contributed by atoms with van der Waals surface area (Å²) in [7, 11) is 3.35. The number of aryl methyl sites for hydroxylation is 1. The number of carbonyl (C=O) groups excluding carboxylic acids is 1. The second-order valence-electron chi connectivity index (χ2n) is 9.13. The summed E-state index contributed by atoms with van der Waals surface area (Å²) in [5.74, 6) is 0.414. The molecule has 6 nitrogen and oxygen atoms in total. The third-order valence-corrected chi connectivity index (χ3v) is 6.51. The van der Waals surface area contributed by atoms with Gasteiger partial charge in [0.1, 0.15) is 23.8 Å². The molecule has 0 aliphatic rings. The first-order valence-corrected chi connectivity index (χ1v) is 12.6. The van der Waals surface area contributed by atoms with Gasteiger partial charge in [0.2, 0.25) is 0 Å². The van der Waals surface area contributed by atoms with Gasteiger partial charge in [-0.05, 0) is 79.1 Å². The maximum atomic E-state index is 13.7. The number of aromatic nitrogens is 1. The van der Waals surface area contributed by atoms with Crippen LogP contribution in [-0.2, 0) is 18.0 Å². The van der Waals surface area contributed by atoms with E-state index < -0.39 is 17.7 Å². The number of methoxy groups -OCH3 is 1. The molecule has 1 unspecified atom stereocenters. The lowest BCUT2D eigenvalue weighted by atomic mass is 10.0. The van der Waals surface area contributed by atoms with E-state index >= 15 is 0 Å². The summed E-state index contributed by atoms with van der Waals surface area (Å²) in [5, 5.41) is 4.03. The molecule has 39 heavy (non-hydrogen) atoms. The van der Waals surface area contributed by atoms with Crippen LogP contribution in [0.2, 0.25) is 0 Å². The van der Waals surface area contributed by atoms with Gasteiger partial charge in [-0.15, -0.1) is 0 Å². The zero-order chi connectivity index (χ0) is 28.2. The van der Waals surface area contributed by atoms with E-state index in [1.807, 2.05) is 31.2 Å². The van der Waals surface area contributed by atoms with Crippen molar-refractivity contribution in [3.05, 3.63) is 83.6 Å². The Morgan fingerprint density at radius 2 is 1.79 bits per heavy atom. The number of halogens is 3. The molecule has 1 atom stereocenters. The number of rotatable bonds is 10. The fourth-order valence-corrected chi connectivity index (χ4v) is 4.42. The standard InChI is InChI=1S/C30H31F3N2O4/c1-5-38-29(36)28-17-23-13-21(9-10-27(23)35(28)3)22-14-24(30(31,32)33)18-26(16-22)39-12-11-34-19(2)20-7-6-8-25(15-20)37-4/h6-10,13-19,34H,5,11-12H2,1-4H3. The van der Waals surface area contributed by atoms with E-state index in [4.69, 9.17) is 14.2 Å². The van der Waals surface area contributed by atoms with Crippen molar-refractivity contribution in [3.63, 3.8) is 0 Å². The number of alkyl halides is 3. The van der Waals surface area contributed by atoms with E-state index in [2.05, 4.69) is 5.32 Å². The van der Waals surface area contributed by atoms with Gasteiger partial charge in [0.15, 0.2) is 0 Å². The first-order chi connectivity index (χ1) is 18.6. The van der Waals surface area contributed by atoms with Crippen LogP contribution in [0.1, 0.15) is 41.5 Å². The Kier molecular flexibility index (Phi) is 8.50. The molecular weight excluding hydrogens is 509 g/mol. The molecule has 4 aromatic rings. The monoisotopic (exact) mass is 540 g/mol. The quantitative estimate of drug-likeness (QED) is 0.178. The highest BCUT2D eigenvalue weighted by Crippen LogP contribution is 2.36. The molecule has 1 N–H and O–H groups in total. The number of fused-ring (bicyclic) bond motifs is 1. The molecule has 0 radical (unpaired) electrons. The maximum absolute atomic E-state index is 13.7. The number of benzene rings is 3. The third kappa shape index (κ3) is 6.54. The number of ether oxygens (including phenoxy) is 3. The predicted molar refractivity (Wildman–Crippen MR) is 144 cm³/mol. The van der Waals surface area contributed by atoms with Crippen LogP contribution >= 0.6 is 0 Å². The zero-order valence-electron chi connectivity index (χ0n) is 22.3. The Morgan fingerprint density at radius 1 is 1.00 bits per heavy atom. The Morgan fingerprint density at radius 3 is 2.51 bits per heavy atom. The lowest BCUT2D eigenvalue weighted by molar-refractivity contribution is -0.137. The van der Waals surface area contributed by atoms with Crippen molar-refractivity contribution in [1.82, 2.24) is 9.88 Å². The second kappa shape index (κ2) is 11.8. The van der Waals surface area contributed by atoms with E-state index in [1.54, 1.807) is 56.0 Å². The van der Waals surface area contributed by atoms with Gasteiger partial charge in [-0.2, -0.15) is 13.2 Å². The van der Waals surface area contributed by atoms with Crippen LogP contribution in [0.25, 0.3) is 22.0 Å². The molecule has 1 aromatic heterocycles. The highest BCUT2D eigenvalue weighted by Gasteiger charge is 2.31. The van der Waals surface area contributed by atoms with Crippen LogP contribution < -0.4 is 14.8 Å². The molecule has 9 heteroatoms. The molecule has 206 valence electrons. The summed E-state index contributed by atoms with van der Waals surface area (Å²) in [6.07, 6.45) is -4.54. The highest BCUT2D eigenvalue weighted by atomic mass is 19.4. The van der Waals surface area contributed by atoms with Crippen LogP contribution in [-0.4, -0.2) is 37.4 Å². The zero-order valence-corrected chi connectivity index (χ0v) is 22.3. The smallest absolute Gasteiger partial charge is 0.416 e. The second-order valence-corrected chi connectivity index (χ2v) is 9.13. The maximum Gasteiger partial charge on any atom is 0.416 e. The topological polar surface area (TPSA) is 61.7 Å². The average molecular weight is 541 g/mol. The number of hydrogen-bond acceptors (Lipinski definition) is 5. The van der Waals surface area contributed by atoms with Crippen molar-refractivity contribution in [2.45, 2.75) is 26.1 Å². The van der Waals surface area contributed by atoms with Gasteiger partial charge < -0.3 is 24.1 Å². The molecule has 0 bridgehead atoms. The van der Waals surface area contributed by atoms with E-state index in [9.17, 15) is 18.0 Å².